The maximum Gasteiger partial charge on any atom is 0.253 e. The van der Waals surface area contributed by atoms with E-state index in [2.05, 4.69) is 26.2 Å². The summed E-state index contributed by atoms with van der Waals surface area (Å²) in [6, 6.07) is 7.21. The normalized spacial score (nSPS) is 21.4. The molecular formula is C19H26ClN7O2. The van der Waals surface area contributed by atoms with E-state index in [1.165, 1.54) is 6.33 Å². The van der Waals surface area contributed by atoms with E-state index in [9.17, 15) is 9.59 Å². The maximum atomic E-state index is 12.9. The van der Waals surface area contributed by atoms with Crippen molar-refractivity contribution >= 4 is 24.2 Å². The summed E-state index contributed by atoms with van der Waals surface area (Å²) in [5, 5.41) is 17.3. The molecule has 2 atom stereocenters. The van der Waals surface area contributed by atoms with Crippen molar-refractivity contribution in [2.75, 3.05) is 26.2 Å². The fourth-order valence-electron chi connectivity index (χ4n) is 3.91. The molecule has 0 saturated carbocycles. The van der Waals surface area contributed by atoms with Crippen LogP contribution in [0.3, 0.4) is 0 Å². The zero-order valence-electron chi connectivity index (χ0n) is 16.2. The van der Waals surface area contributed by atoms with E-state index in [0.717, 1.165) is 44.5 Å². The average molecular weight is 420 g/mol. The van der Waals surface area contributed by atoms with Crippen LogP contribution in [-0.2, 0) is 4.79 Å². The zero-order valence-corrected chi connectivity index (χ0v) is 17.0. The summed E-state index contributed by atoms with van der Waals surface area (Å²) in [6.45, 7) is 2.96. The molecule has 0 radical (unpaired) electrons. The van der Waals surface area contributed by atoms with Gasteiger partial charge in [-0.15, -0.1) is 17.5 Å². The van der Waals surface area contributed by atoms with E-state index >= 15 is 0 Å². The number of benzene rings is 1. The number of tetrazole rings is 1. The van der Waals surface area contributed by atoms with Crippen molar-refractivity contribution in [1.29, 1.82) is 0 Å². The molecule has 4 rings (SSSR count). The molecule has 2 unspecified atom stereocenters. The first-order chi connectivity index (χ1) is 13.7. The van der Waals surface area contributed by atoms with Crippen molar-refractivity contribution in [1.82, 2.24) is 35.7 Å². The topological polar surface area (TPSA) is 105 Å². The van der Waals surface area contributed by atoms with E-state index in [1.54, 1.807) is 16.8 Å². The van der Waals surface area contributed by atoms with Crippen LogP contribution in [0.4, 0.5) is 0 Å². The standard InChI is InChI=1S/C19H25N7O2.ClH/c27-18(17-4-1-9-20-17)21-11-14-3-2-10-25(12-14)19(28)15-5-7-16(8-6-15)26-13-22-23-24-26;/h5-8,13-14,17,20H,1-4,9-12H2,(H,21,27);1H. The van der Waals surface area contributed by atoms with Gasteiger partial charge in [0, 0.05) is 25.2 Å². The van der Waals surface area contributed by atoms with Crippen LogP contribution in [0.2, 0.25) is 0 Å². The summed E-state index contributed by atoms with van der Waals surface area (Å²) >= 11 is 0. The van der Waals surface area contributed by atoms with Crippen molar-refractivity contribution in [2.45, 2.75) is 31.7 Å². The Kier molecular flexibility index (Phi) is 7.16. The molecule has 10 heteroatoms. The molecule has 2 aromatic rings. The summed E-state index contributed by atoms with van der Waals surface area (Å²) in [5.74, 6) is 0.402. The summed E-state index contributed by atoms with van der Waals surface area (Å²) in [6.07, 6.45) is 5.45. The van der Waals surface area contributed by atoms with Crippen molar-refractivity contribution in [3.05, 3.63) is 36.2 Å². The predicted molar refractivity (Wildman–Crippen MR) is 109 cm³/mol. The minimum absolute atomic E-state index is 0. The van der Waals surface area contributed by atoms with Crippen LogP contribution in [0.15, 0.2) is 30.6 Å². The highest BCUT2D eigenvalue weighted by Crippen LogP contribution is 2.19. The summed E-state index contributed by atoms with van der Waals surface area (Å²) in [7, 11) is 0. The number of hydrogen-bond acceptors (Lipinski definition) is 6. The number of nitrogens with one attached hydrogen (secondary N) is 2. The average Bonchev–Trinajstić information content (AvgIpc) is 3.46. The Morgan fingerprint density at radius 3 is 2.69 bits per heavy atom. The van der Waals surface area contributed by atoms with Gasteiger partial charge in [-0.2, -0.15) is 0 Å². The number of nitrogens with zero attached hydrogens (tertiary/aromatic N) is 5. The van der Waals surface area contributed by atoms with Gasteiger partial charge >= 0.3 is 0 Å². The van der Waals surface area contributed by atoms with Gasteiger partial charge in [-0.1, -0.05) is 0 Å². The quantitative estimate of drug-likeness (QED) is 0.742. The Morgan fingerprint density at radius 2 is 2.00 bits per heavy atom. The molecule has 9 nitrogen and oxygen atoms in total. The fourth-order valence-corrected chi connectivity index (χ4v) is 3.91. The van der Waals surface area contributed by atoms with E-state index in [1.807, 2.05) is 17.0 Å². The number of rotatable bonds is 5. The van der Waals surface area contributed by atoms with Crippen LogP contribution in [0.1, 0.15) is 36.0 Å². The number of piperidine rings is 1. The molecule has 29 heavy (non-hydrogen) atoms. The van der Waals surface area contributed by atoms with Gasteiger partial charge in [0.15, 0.2) is 0 Å². The zero-order chi connectivity index (χ0) is 19.3. The molecule has 2 amide bonds. The van der Waals surface area contributed by atoms with Crippen molar-refractivity contribution in [3.8, 4) is 5.69 Å². The lowest BCUT2D eigenvalue weighted by atomic mass is 9.97. The molecule has 0 spiro atoms. The second-order valence-corrected chi connectivity index (χ2v) is 7.45. The molecular weight excluding hydrogens is 394 g/mol. The van der Waals surface area contributed by atoms with Crippen molar-refractivity contribution in [3.63, 3.8) is 0 Å². The van der Waals surface area contributed by atoms with E-state index in [-0.39, 0.29) is 30.3 Å². The first-order valence-electron chi connectivity index (χ1n) is 9.84. The lowest BCUT2D eigenvalue weighted by Crippen LogP contribution is -2.46. The molecule has 0 aliphatic carbocycles. The van der Waals surface area contributed by atoms with Crippen LogP contribution >= 0.6 is 12.4 Å². The highest BCUT2D eigenvalue weighted by Gasteiger charge is 2.26. The largest absolute Gasteiger partial charge is 0.354 e. The maximum absolute atomic E-state index is 12.9. The number of carbonyl (C=O) groups excluding carboxylic acids is 2. The Morgan fingerprint density at radius 1 is 1.17 bits per heavy atom. The van der Waals surface area contributed by atoms with E-state index < -0.39 is 0 Å². The Bertz CT molecular complexity index is 806. The van der Waals surface area contributed by atoms with Crippen LogP contribution < -0.4 is 10.6 Å². The summed E-state index contributed by atoms with van der Waals surface area (Å²) in [4.78, 5) is 26.9. The first-order valence-corrected chi connectivity index (χ1v) is 9.84. The number of aromatic nitrogens is 4. The third kappa shape index (κ3) is 5.10. The molecule has 1 aromatic carbocycles. The smallest absolute Gasteiger partial charge is 0.253 e. The van der Waals surface area contributed by atoms with Gasteiger partial charge in [0.2, 0.25) is 5.91 Å². The van der Waals surface area contributed by atoms with Gasteiger partial charge in [0.1, 0.15) is 6.33 Å². The summed E-state index contributed by atoms with van der Waals surface area (Å²) in [5.41, 5.74) is 1.46. The van der Waals surface area contributed by atoms with E-state index in [0.29, 0.717) is 24.6 Å². The van der Waals surface area contributed by atoms with Gasteiger partial charge < -0.3 is 15.5 Å². The minimum atomic E-state index is -0.0555. The predicted octanol–water partition coefficient (Wildman–Crippen LogP) is 0.804. The van der Waals surface area contributed by atoms with E-state index in [4.69, 9.17) is 0 Å². The number of amides is 2. The first kappa shape index (κ1) is 21.2. The molecule has 0 bridgehead atoms. The van der Waals surface area contributed by atoms with Gasteiger partial charge in [-0.25, -0.2) is 4.68 Å². The number of likely N-dealkylation sites (tertiary alicyclic amines) is 1. The third-order valence-electron chi connectivity index (χ3n) is 5.48. The number of hydrogen-bond donors (Lipinski definition) is 2. The lowest BCUT2D eigenvalue weighted by Gasteiger charge is -2.33. The molecule has 2 fully saturated rings. The minimum Gasteiger partial charge on any atom is -0.354 e. The van der Waals surface area contributed by atoms with Crippen LogP contribution in [-0.4, -0.2) is 69.1 Å². The van der Waals surface area contributed by atoms with Crippen LogP contribution in [0.25, 0.3) is 5.69 Å². The van der Waals surface area contributed by atoms with Gasteiger partial charge in [0.05, 0.1) is 11.7 Å². The molecule has 3 heterocycles. The highest BCUT2D eigenvalue weighted by molar-refractivity contribution is 5.94. The lowest BCUT2D eigenvalue weighted by molar-refractivity contribution is -0.123. The monoisotopic (exact) mass is 419 g/mol. The fraction of sp³-hybridized carbons (Fsp3) is 0.526. The van der Waals surface area contributed by atoms with Crippen molar-refractivity contribution < 1.29 is 9.59 Å². The van der Waals surface area contributed by atoms with Crippen LogP contribution in [0, 0.1) is 5.92 Å². The number of carbonyl (C=O) groups is 2. The van der Waals surface area contributed by atoms with Gasteiger partial charge in [-0.05, 0) is 72.8 Å². The second kappa shape index (κ2) is 9.80. The molecule has 1 aromatic heterocycles. The molecule has 2 N–H and O–H groups in total. The Balaban J connectivity index is 0.00000240. The van der Waals surface area contributed by atoms with Crippen molar-refractivity contribution in [2.24, 2.45) is 5.92 Å². The Hall–Kier alpha value is -2.52. The molecule has 2 saturated heterocycles. The summed E-state index contributed by atoms with van der Waals surface area (Å²) < 4.78 is 1.55. The Labute approximate surface area is 175 Å². The van der Waals surface area contributed by atoms with Gasteiger partial charge in [0.25, 0.3) is 5.91 Å². The van der Waals surface area contributed by atoms with Gasteiger partial charge in [-0.3, -0.25) is 9.59 Å². The third-order valence-corrected chi connectivity index (χ3v) is 5.48. The molecule has 156 valence electrons. The molecule has 2 aliphatic heterocycles. The second-order valence-electron chi connectivity index (χ2n) is 7.45. The van der Waals surface area contributed by atoms with Crippen LogP contribution in [0.5, 0.6) is 0 Å². The number of halogens is 1. The SMILES string of the molecule is Cl.O=C(NCC1CCCN(C(=O)c2ccc(-n3cnnn3)cc2)C1)C1CCCN1. The highest BCUT2D eigenvalue weighted by atomic mass is 35.5. The molecule has 2 aliphatic rings.